The molecule has 164 valence electrons. The highest BCUT2D eigenvalue weighted by molar-refractivity contribution is 6.43. The fraction of sp³-hybridized carbons (Fsp3) is 0.400. The van der Waals surface area contributed by atoms with Crippen molar-refractivity contribution in [2.45, 2.75) is 40.7 Å². The van der Waals surface area contributed by atoms with Crippen LogP contribution in [0.25, 0.3) is 0 Å². The van der Waals surface area contributed by atoms with Crippen molar-refractivity contribution in [3.8, 4) is 0 Å². The number of anilines is 1. The number of aryl methyl sites for hydroxylation is 3. The number of nitrogens with zero attached hydrogens (tertiary/aromatic N) is 2. The van der Waals surface area contributed by atoms with Crippen LogP contribution < -0.4 is 5.32 Å². The van der Waals surface area contributed by atoms with Gasteiger partial charge in [-0.1, -0.05) is 29.8 Å². The third kappa shape index (κ3) is 5.79. The molecule has 2 amide bonds. The molecule has 1 saturated heterocycles. The second kappa shape index (κ2) is 9.88. The zero-order valence-electron chi connectivity index (χ0n) is 18.8. The zero-order chi connectivity index (χ0) is 22.5. The molecule has 2 aromatic rings. The van der Waals surface area contributed by atoms with Gasteiger partial charge in [-0.05, 0) is 56.0 Å². The average molecular weight is 422 g/mol. The third-order valence-corrected chi connectivity index (χ3v) is 5.65. The van der Waals surface area contributed by atoms with Gasteiger partial charge >= 0.3 is 0 Å². The fourth-order valence-electron chi connectivity index (χ4n) is 4.28. The van der Waals surface area contributed by atoms with Crippen molar-refractivity contribution in [2.75, 3.05) is 31.5 Å². The molecule has 6 nitrogen and oxygen atoms in total. The summed E-state index contributed by atoms with van der Waals surface area (Å²) in [5.41, 5.74) is 5.27. The number of Topliss-reactive ketones (excluding diaryl/α,β-unsaturated/α-hetero) is 1. The molecule has 0 unspecified atom stereocenters. The Morgan fingerprint density at radius 2 is 1.55 bits per heavy atom. The topological polar surface area (TPSA) is 69.7 Å². The number of rotatable bonds is 5. The van der Waals surface area contributed by atoms with E-state index in [4.69, 9.17) is 0 Å². The summed E-state index contributed by atoms with van der Waals surface area (Å²) in [7, 11) is 0. The number of hydrogen-bond donors (Lipinski definition) is 1. The van der Waals surface area contributed by atoms with E-state index >= 15 is 0 Å². The molecule has 1 heterocycles. The number of amides is 2. The van der Waals surface area contributed by atoms with Gasteiger partial charge in [0.05, 0.1) is 0 Å². The van der Waals surface area contributed by atoms with Gasteiger partial charge in [0.1, 0.15) is 0 Å². The lowest BCUT2D eigenvalue weighted by atomic mass is 9.96. The molecule has 6 heteroatoms. The van der Waals surface area contributed by atoms with Gasteiger partial charge in [-0.2, -0.15) is 0 Å². The molecular weight excluding hydrogens is 390 g/mol. The summed E-state index contributed by atoms with van der Waals surface area (Å²) in [6.07, 6.45) is 0.828. The monoisotopic (exact) mass is 421 g/mol. The molecule has 31 heavy (non-hydrogen) atoms. The van der Waals surface area contributed by atoms with Gasteiger partial charge in [0.15, 0.2) is 0 Å². The molecule has 1 fully saturated rings. The molecular formula is C25H31N3O3. The molecule has 0 spiro atoms. The van der Waals surface area contributed by atoms with Gasteiger partial charge in [0.25, 0.3) is 11.7 Å². The molecule has 0 radical (unpaired) electrons. The van der Waals surface area contributed by atoms with Crippen molar-refractivity contribution in [3.63, 3.8) is 0 Å². The molecule has 0 bridgehead atoms. The van der Waals surface area contributed by atoms with Gasteiger partial charge in [-0.3, -0.25) is 19.3 Å². The lowest BCUT2D eigenvalue weighted by molar-refractivity contribution is -0.126. The SMILES string of the molecule is CC(=O)Nc1ccc(CN2CCCN(C(=O)C(=O)c3c(C)cc(C)cc3C)CC2)cc1. The van der Waals surface area contributed by atoms with Crippen LogP contribution in [0, 0.1) is 20.8 Å². The van der Waals surface area contributed by atoms with Crippen LogP contribution in [0.3, 0.4) is 0 Å². The maximum absolute atomic E-state index is 13.0. The van der Waals surface area contributed by atoms with E-state index in [0.29, 0.717) is 18.7 Å². The van der Waals surface area contributed by atoms with E-state index in [-0.39, 0.29) is 5.91 Å². The fourth-order valence-corrected chi connectivity index (χ4v) is 4.28. The highest BCUT2D eigenvalue weighted by Crippen LogP contribution is 2.19. The van der Waals surface area contributed by atoms with Crippen molar-refractivity contribution in [2.24, 2.45) is 0 Å². The second-order valence-corrected chi connectivity index (χ2v) is 8.40. The van der Waals surface area contributed by atoms with Crippen molar-refractivity contribution in [3.05, 3.63) is 64.2 Å². The van der Waals surface area contributed by atoms with Crippen molar-refractivity contribution < 1.29 is 14.4 Å². The largest absolute Gasteiger partial charge is 0.334 e. The standard InChI is InChI=1S/C25H31N3O3/c1-17-14-18(2)23(19(3)15-17)24(30)25(31)28-11-5-10-27(12-13-28)16-21-6-8-22(9-7-21)26-20(4)29/h6-9,14-15H,5,10-13,16H2,1-4H3,(H,26,29). The van der Waals surface area contributed by atoms with E-state index in [2.05, 4.69) is 10.2 Å². The normalized spacial score (nSPS) is 14.8. The minimum absolute atomic E-state index is 0.0874. The molecule has 3 rings (SSSR count). The molecule has 0 aromatic heterocycles. The smallest absolute Gasteiger partial charge is 0.295 e. The van der Waals surface area contributed by atoms with Crippen LogP contribution in [0.15, 0.2) is 36.4 Å². The number of carbonyl (C=O) groups is 3. The van der Waals surface area contributed by atoms with Gasteiger partial charge in [0, 0.05) is 50.9 Å². The summed E-state index contributed by atoms with van der Waals surface area (Å²) in [4.78, 5) is 41.1. The summed E-state index contributed by atoms with van der Waals surface area (Å²) in [5, 5.41) is 2.77. The van der Waals surface area contributed by atoms with Gasteiger partial charge < -0.3 is 10.2 Å². The predicted octanol–water partition coefficient (Wildman–Crippen LogP) is 3.49. The Morgan fingerprint density at radius 1 is 0.903 bits per heavy atom. The molecule has 1 N–H and O–H groups in total. The average Bonchev–Trinajstić information content (AvgIpc) is 2.93. The van der Waals surface area contributed by atoms with Crippen LogP contribution in [0.2, 0.25) is 0 Å². The minimum atomic E-state index is -0.406. The zero-order valence-corrected chi connectivity index (χ0v) is 18.8. The first kappa shape index (κ1) is 22.7. The number of ketones is 1. The van der Waals surface area contributed by atoms with Gasteiger partial charge in [0.2, 0.25) is 5.91 Å². The molecule has 2 aromatic carbocycles. The van der Waals surface area contributed by atoms with Gasteiger partial charge in [-0.15, -0.1) is 0 Å². The van der Waals surface area contributed by atoms with Crippen LogP contribution >= 0.6 is 0 Å². The number of nitrogens with one attached hydrogen (secondary N) is 1. The van der Waals surface area contributed by atoms with Crippen LogP contribution in [0.1, 0.15) is 46.0 Å². The van der Waals surface area contributed by atoms with E-state index in [9.17, 15) is 14.4 Å². The maximum atomic E-state index is 13.0. The first-order valence-electron chi connectivity index (χ1n) is 10.7. The minimum Gasteiger partial charge on any atom is -0.334 e. The van der Waals surface area contributed by atoms with E-state index in [1.807, 2.05) is 57.2 Å². The summed E-state index contributed by atoms with van der Waals surface area (Å²) >= 11 is 0. The quantitative estimate of drug-likeness (QED) is 0.593. The Hall–Kier alpha value is -2.99. The molecule has 0 aliphatic carbocycles. The van der Waals surface area contributed by atoms with E-state index in [0.717, 1.165) is 54.0 Å². The van der Waals surface area contributed by atoms with Gasteiger partial charge in [-0.25, -0.2) is 0 Å². The number of carbonyl (C=O) groups excluding carboxylic acids is 3. The number of benzene rings is 2. The summed E-state index contributed by atoms with van der Waals surface area (Å²) in [6, 6.07) is 11.7. The van der Waals surface area contributed by atoms with Crippen molar-refractivity contribution in [1.29, 1.82) is 0 Å². The maximum Gasteiger partial charge on any atom is 0.295 e. The Morgan fingerprint density at radius 3 is 2.16 bits per heavy atom. The number of hydrogen-bond acceptors (Lipinski definition) is 4. The summed E-state index contributed by atoms with van der Waals surface area (Å²) in [5.74, 6) is -0.899. The lowest BCUT2D eigenvalue weighted by Gasteiger charge is -2.22. The summed E-state index contributed by atoms with van der Waals surface area (Å²) < 4.78 is 0. The highest BCUT2D eigenvalue weighted by atomic mass is 16.2. The summed E-state index contributed by atoms with van der Waals surface area (Å²) in [6.45, 7) is 10.8. The van der Waals surface area contributed by atoms with Crippen molar-refractivity contribution in [1.82, 2.24) is 9.80 Å². The molecule has 1 aliphatic heterocycles. The van der Waals surface area contributed by atoms with Crippen LogP contribution in [0.4, 0.5) is 5.69 Å². The second-order valence-electron chi connectivity index (χ2n) is 8.40. The molecule has 0 atom stereocenters. The van der Waals surface area contributed by atoms with Crippen molar-refractivity contribution >= 4 is 23.3 Å². The Bertz CT molecular complexity index is 959. The Labute approximate surface area is 184 Å². The first-order valence-corrected chi connectivity index (χ1v) is 10.7. The van der Waals surface area contributed by atoms with E-state index < -0.39 is 11.7 Å². The van der Waals surface area contributed by atoms with Crippen LogP contribution in [-0.4, -0.2) is 53.6 Å². The molecule has 1 aliphatic rings. The van der Waals surface area contributed by atoms with Crippen LogP contribution in [0.5, 0.6) is 0 Å². The molecule has 0 saturated carbocycles. The Kier molecular flexibility index (Phi) is 7.23. The van der Waals surface area contributed by atoms with Crippen LogP contribution in [-0.2, 0) is 16.1 Å². The van der Waals surface area contributed by atoms with E-state index in [1.54, 1.807) is 4.90 Å². The van der Waals surface area contributed by atoms with E-state index in [1.165, 1.54) is 6.92 Å². The lowest BCUT2D eigenvalue weighted by Crippen LogP contribution is -2.39. The Balaban J connectivity index is 1.61. The first-order chi connectivity index (χ1) is 14.7. The predicted molar refractivity (Wildman–Crippen MR) is 122 cm³/mol. The highest BCUT2D eigenvalue weighted by Gasteiger charge is 2.27. The third-order valence-electron chi connectivity index (χ3n) is 5.65.